The van der Waals surface area contributed by atoms with Gasteiger partial charge in [-0.1, -0.05) is 30.3 Å². The van der Waals surface area contributed by atoms with Crippen molar-refractivity contribution >= 4 is 43.5 Å². The van der Waals surface area contributed by atoms with Gasteiger partial charge in [0.25, 0.3) is 0 Å². The number of aliphatic carboxylic acids is 1. The van der Waals surface area contributed by atoms with Crippen LogP contribution in [0.15, 0.2) is 47.4 Å². The highest BCUT2D eigenvalue weighted by Gasteiger charge is 2.45. The first kappa shape index (κ1) is 22.9. The van der Waals surface area contributed by atoms with Gasteiger partial charge in [0.05, 0.1) is 23.1 Å². The van der Waals surface area contributed by atoms with Crippen molar-refractivity contribution in [1.82, 2.24) is 14.6 Å². The molecule has 0 radical (unpaired) electrons. The van der Waals surface area contributed by atoms with Crippen molar-refractivity contribution in [1.29, 1.82) is 0 Å². The molecule has 10 heteroatoms. The minimum atomic E-state index is -3.63. The first-order valence-electron chi connectivity index (χ1n) is 11.2. The second-order valence-electron chi connectivity index (χ2n) is 8.98. The maximum atomic E-state index is 13.3. The van der Waals surface area contributed by atoms with Gasteiger partial charge in [0, 0.05) is 13.1 Å². The van der Waals surface area contributed by atoms with Crippen LogP contribution in [0.5, 0.6) is 0 Å². The summed E-state index contributed by atoms with van der Waals surface area (Å²) in [6.07, 6.45) is 2.20. The van der Waals surface area contributed by atoms with Gasteiger partial charge in [0.1, 0.15) is 15.4 Å². The molecule has 2 aliphatic rings. The number of thiazole rings is 1. The Bertz CT molecular complexity index is 1350. The number of rotatable bonds is 7. The lowest BCUT2D eigenvalue weighted by Crippen LogP contribution is -2.43. The van der Waals surface area contributed by atoms with E-state index in [2.05, 4.69) is 10.3 Å². The molecule has 8 nitrogen and oxygen atoms in total. The fraction of sp³-hybridized carbons (Fsp3) is 0.375. The molecule has 178 valence electrons. The van der Waals surface area contributed by atoms with E-state index in [-0.39, 0.29) is 23.8 Å². The normalized spacial score (nSPS) is 17.6. The Kier molecular flexibility index (Phi) is 5.91. The molecular weight excluding hydrogens is 474 g/mol. The Morgan fingerprint density at radius 3 is 2.38 bits per heavy atom. The summed E-state index contributed by atoms with van der Waals surface area (Å²) in [5.41, 5.74) is 1.36. The van der Waals surface area contributed by atoms with Gasteiger partial charge in [-0.3, -0.25) is 9.59 Å². The monoisotopic (exact) mass is 499 g/mol. The van der Waals surface area contributed by atoms with Gasteiger partial charge >= 0.3 is 5.97 Å². The van der Waals surface area contributed by atoms with E-state index in [1.165, 1.54) is 15.6 Å². The first-order chi connectivity index (χ1) is 16.3. The van der Waals surface area contributed by atoms with Crippen LogP contribution in [0, 0.1) is 5.41 Å². The van der Waals surface area contributed by atoms with Crippen LogP contribution in [-0.4, -0.2) is 47.8 Å². The Labute approximate surface area is 201 Å². The SMILES string of the molecule is O=C(O)CC1(C(=O)NCc2nc3c(S(=O)(=O)N4CCCC4)cccc3s2)Cc2ccccc2C1. The smallest absolute Gasteiger partial charge is 0.304 e. The lowest BCUT2D eigenvalue weighted by atomic mass is 9.80. The molecule has 5 rings (SSSR count). The Morgan fingerprint density at radius 1 is 1.06 bits per heavy atom. The van der Waals surface area contributed by atoms with Gasteiger partial charge in [-0.2, -0.15) is 4.31 Å². The number of amides is 1. The number of nitrogens with zero attached hydrogens (tertiary/aromatic N) is 2. The summed E-state index contributed by atoms with van der Waals surface area (Å²) in [5, 5.41) is 13.0. The summed E-state index contributed by atoms with van der Waals surface area (Å²) in [4.78, 5) is 29.6. The number of aromatic nitrogens is 1. The minimum Gasteiger partial charge on any atom is -0.481 e. The zero-order valence-electron chi connectivity index (χ0n) is 18.5. The van der Waals surface area contributed by atoms with Crippen LogP contribution in [0.3, 0.4) is 0 Å². The number of carboxylic acid groups (broad SMARTS) is 1. The molecule has 1 amide bonds. The van der Waals surface area contributed by atoms with Crippen molar-refractivity contribution in [3.05, 3.63) is 58.6 Å². The summed E-state index contributed by atoms with van der Waals surface area (Å²) in [5.74, 6) is -1.34. The molecule has 0 spiro atoms. The van der Waals surface area contributed by atoms with Gasteiger partial charge in [-0.05, 0) is 48.9 Å². The molecule has 1 fully saturated rings. The molecule has 1 saturated heterocycles. The lowest BCUT2D eigenvalue weighted by molar-refractivity contribution is -0.145. The number of carboxylic acids is 1. The van der Waals surface area contributed by atoms with E-state index in [0.29, 0.717) is 36.5 Å². The fourth-order valence-electron chi connectivity index (χ4n) is 5.01. The molecule has 1 aromatic heterocycles. The van der Waals surface area contributed by atoms with E-state index >= 15 is 0 Å². The molecule has 0 bridgehead atoms. The molecule has 3 aromatic rings. The summed E-state index contributed by atoms with van der Waals surface area (Å²) in [7, 11) is -3.63. The highest BCUT2D eigenvalue weighted by atomic mass is 32.2. The van der Waals surface area contributed by atoms with Crippen LogP contribution >= 0.6 is 11.3 Å². The zero-order valence-corrected chi connectivity index (χ0v) is 20.1. The highest BCUT2D eigenvalue weighted by molar-refractivity contribution is 7.89. The predicted molar refractivity (Wildman–Crippen MR) is 128 cm³/mol. The van der Waals surface area contributed by atoms with E-state index in [0.717, 1.165) is 28.7 Å². The van der Waals surface area contributed by atoms with E-state index in [9.17, 15) is 23.1 Å². The molecule has 1 aliphatic heterocycles. The topological polar surface area (TPSA) is 117 Å². The number of carbonyl (C=O) groups is 2. The molecule has 0 saturated carbocycles. The Hall–Kier alpha value is -2.82. The van der Waals surface area contributed by atoms with Crippen molar-refractivity contribution in [3.8, 4) is 0 Å². The Balaban J connectivity index is 1.37. The van der Waals surface area contributed by atoms with Crippen molar-refractivity contribution in [2.45, 2.75) is 43.5 Å². The Morgan fingerprint density at radius 2 is 1.74 bits per heavy atom. The number of hydrogen-bond acceptors (Lipinski definition) is 6. The molecule has 0 unspecified atom stereocenters. The average Bonchev–Trinajstić information content (AvgIpc) is 3.54. The van der Waals surface area contributed by atoms with Gasteiger partial charge in [0.2, 0.25) is 15.9 Å². The second kappa shape index (κ2) is 8.75. The number of hydrogen-bond donors (Lipinski definition) is 2. The van der Waals surface area contributed by atoms with Crippen LogP contribution < -0.4 is 5.32 Å². The van der Waals surface area contributed by atoms with Crippen molar-refractivity contribution in [3.63, 3.8) is 0 Å². The average molecular weight is 500 g/mol. The first-order valence-corrected chi connectivity index (χ1v) is 13.5. The van der Waals surface area contributed by atoms with E-state index in [4.69, 9.17) is 0 Å². The quantitative estimate of drug-likeness (QED) is 0.516. The van der Waals surface area contributed by atoms with Crippen molar-refractivity contribution in [2.75, 3.05) is 13.1 Å². The highest BCUT2D eigenvalue weighted by Crippen LogP contribution is 2.40. The number of benzene rings is 2. The van der Waals surface area contributed by atoms with E-state index in [1.807, 2.05) is 30.3 Å². The number of nitrogens with one attached hydrogen (secondary N) is 1. The second-order valence-corrected chi connectivity index (χ2v) is 12.0. The molecule has 34 heavy (non-hydrogen) atoms. The minimum absolute atomic E-state index is 0.110. The van der Waals surface area contributed by atoms with Crippen molar-refractivity contribution < 1.29 is 23.1 Å². The number of carbonyl (C=O) groups excluding carboxylic acids is 1. The summed E-state index contributed by atoms with van der Waals surface area (Å²) in [6.45, 7) is 1.14. The molecule has 0 atom stereocenters. The molecule has 2 heterocycles. The van der Waals surface area contributed by atoms with Crippen LogP contribution in [0.1, 0.15) is 35.4 Å². The largest absolute Gasteiger partial charge is 0.481 e. The third-order valence-corrected chi connectivity index (χ3v) is 9.61. The van der Waals surface area contributed by atoms with Gasteiger partial charge in [-0.25, -0.2) is 13.4 Å². The maximum Gasteiger partial charge on any atom is 0.304 e. The van der Waals surface area contributed by atoms with Crippen LogP contribution in [0.25, 0.3) is 10.2 Å². The molecule has 1 aliphatic carbocycles. The third kappa shape index (κ3) is 4.10. The van der Waals surface area contributed by atoms with Gasteiger partial charge in [-0.15, -0.1) is 11.3 Å². The van der Waals surface area contributed by atoms with E-state index < -0.39 is 21.4 Å². The van der Waals surface area contributed by atoms with Crippen LogP contribution in [-0.2, 0) is 39.0 Å². The van der Waals surface area contributed by atoms with E-state index in [1.54, 1.807) is 12.1 Å². The van der Waals surface area contributed by atoms with Crippen LogP contribution in [0.2, 0.25) is 0 Å². The number of para-hydroxylation sites is 1. The summed E-state index contributed by atoms with van der Waals surface area (Å²) < 4.78 is 28.5. The standard InChI is InChI=1S/C24H25N3O5S2/c28-21(29)14-24(12-16-6-1-2-7-17(16)13-24)23(30)25-15-20-26-22-18(33-20)8-5-9-19(22)34(31,32)27-10-3-4-11-27/h1-2,5-9H,3-4,10-15H2,(H,25,30)(H,28,29). The fourth-order valence-corrected chi connectivity index (χ4v) is 7.68. The number of fused-ring (bicyclic) bond motifs is 2. The lowest BCUT2D eigenvalue weighted by Gasteiger charge is -2.25. The van der Waals surface area contributed by atoms with Gasteiger partial charge in [0.15, 0.2) is 0 Å². The maximum absolute atomic E-state index is 13.3. The number of sulfonamides is 1. The predicted octanol–water partition coefficient (Wildman–Crippen LogP) is 2.96. The summed E-state index contributed by atoms with van der Waals surface area (Å²) >= 11 is 1.33. The molecule has 2 aromatic carbocycles. The van der Waals surface area contributed by atoms with Crippen LogP contribution in [0.4, 0.5) is 0 Å². The molecule has 2 N–H and O–H groups in total. The zero-order chi connectivity index (χ0) is 23.9. The van der Waals surface area contributed by atoms with Crippen molar-refractivity contribution in [2.24, 2.45) is 5.41 Å². The van der Waals surface area contributed by atoms with Gasteiger partial charge < -0.3 is 10.4 Å². The summed E-state index contributed by atoms with van der Waals surface area (Å²) in [6, 6.07) is 12.8. The molecular formula is C24H25N3O5S2. The third-order valence-electron chi connectivity index (χ3n) is 6.66.